The van der Waals surface area contributed by atoms with E-state index in [1.807, 2.05) is 17.0 Å². The topological polar surface area (TPSA) is 53.1 Å². The molecule has 0 aromatic heterocycles. The molecule has 2 amide bonds. The van der Waals surface area contributed by atoms with E-state index < -0.39 is 5.92 Å². The van der Waals surface area contributed by atoms with Crippen molar-refractivity contribution in [3.05, 3.63) is 29.3 Å². The summed E-state index contributed by atoms with van der Waals surface area (Å²) in [5, 5.41) is 0. The number of morpholine rings is 1. The lowest BCUT2D eigenvalue weighted by molar-refractivity contribution is -0.141. The average Bonchev–Trinajstić information content (AvgIpc) is 3.10. The second kappa shape index (κ2) is 9.29. The molecule has 1 aromatic carbocycles. The largest absolute Gasteiger partial charge is 0.373 e. The van der Waals surface area contributed by atoms with Gasteiger partial charge in [0.05, 0.1) is 12.2 Å². The highest BCUT2D eigenvalue weighted by Crippen LogP contribution is 2.29. The summed E-state index contributed by atoms with van der Waals surface area (Å²) in [6, 6.07) is 6.10. The Kier molecular flexibility index (Phi) is 6.68. The van der Waals surface area contributed by atoms with E-state index in [-0.39, 0.29) is 11.8 Å². The molecule has 6 nitrogen and oxygen atoms in total. The minimum Gasteiger partial charge on any atom is -0.373 e. The first kappa shape index (κ1) is 22.3. The highest BCUT2D eigenvalue weighted by molar-refractivity contribution is 6.09. The minimum atomic E-state index is -0.515. The third-order valence-electron chi connectivity index (χ3n) is 7.24. The molecule has 0 bridgehead atoms. The van der Waals surface area contributed by atoms with Gasteiger partial charge in [-0.2, -0.15) is 0 Å². The molecule has 3 atom stereocenters. The van der Waals surface area contributed by atoms with Crippen molar-refractivity contribution < 1.29 is 14.3 Å². The van der Waals surface area contributed by atoms with Crippen LogP contribution >= 0.6 is 0 Å². The molecular formula is C25H37N3O3. The van der Waals surface area contributed by atoms with Crippen LogP contribution in [-0.2, 0) is 14.3 Å². The summed E-state index contributed by atoms with van der Waals surface area (Å²) >= 11 is 0. The van der Waals surface area contributed by atoms with E-state index in [0.717, 1.165) is 51.3 Å². The first-order chi connectivity index (χ1) is 14.8. The number of benzene rings is 1. The van der Waals surface area contributed by atoms with Crippen LogP contribution in [-0.4, -0.2) is 73.1 Å². The molecule has 0 spiro atoms. The van der Waals surface area contributed by atoms with Crippen molar-refractivity contribution >= 4 is 17.5 Å². The van der Waals surface area contributed by atoms with Crippen LogP contribution in [0.1, 0.15) is 44.2 Å². The smallest absolute Gasteiger partial charge is 0.239 e. The van der Waals surface area contributed by atoms with Gasteiger partial charge in [-0.05, 0) is 76.1 Å². The molecule has 3 saturated heterocycles. The Labute approximate surface area is 186 Å². The van der Waals surface area contributed by atoms with Crippen molar-refractivity contribution in [1.29, 1.82) is 0 Å². The second-order valence-electron chi connectivity index (χ2n) is 9.84. The molecule has 3 heterocycles. The van der Waals surface area contributed by atoms with Crippen LogP contribution in [0.15, 0.2) is 18.2 Å². The highest BCUT2D eigenvalue weighted by Gasteiger charge is 2.40. The Hall–Kier alpha value is -1.92. The summed E-state index contributed by atoms with van der Waals surface area (Å²) in [6.07, 6.45) is 3.24. The summed E-state index contributed by atoms with van der Waals surface area (Å²) in [6.45, 7) is 13.7. The maximum absolute atomic E-state index is 13.1. The Balaban J connectivity index is 1.29. The number of amides is 2. The van der Waals surface area contributed by atoms with Gasteiger partial charge in [0.15, 0.2) is 0 Å². The molecule has 1 aromatic rings. The van der Waals surface area contributed by atoms with Crippen molar-refractivity contribution in [1.82, 2.24) is 9.80 Å². The van der Waals surface area contributed by atoms with Gasteiger partial charge in [0.2, 0.25) is 11.8 Å². The van der Waals surface area contributed by atoms with Gasteiger partial charge in [-0.25, -0.2) is 0 Å². The number of hydrogen-bond acceptors (Lipinski definition) is 4. The van der Waals surface area contributed by atoms with Crippen molar-refractivity contribution in [2.24, 2.45) is 11.8 Å². The van der Waals surface area contributed by atoms with E-state index in [9.17, 15) is 9.59 Å². The highest BCUT2D eigenvalue weighted by atomic mass is 16.5. The van der Waals surface area contributed by atoms with Gasteiger partial charge in [-0.3, -0.25) is 14.5 Å². The van der Waals surface area contributed by atoms with E-state index in [1.54, 1.807) is 4.90 Å². The standard InChI is InChI=1S/C25H37N3O3/c1-17-5-6-22(13-18(17)2)28-12-9-23(25(28)30)24(29)27-10-7-21(8-11-27)16-26-14-19(3)31-20(4)15-26/h5-6,13,19-21,23H,7-12,14-16H2,1-4H3. The molecule has 3 fully saturated rings. The molecular weight excluding hydrogens is 390 g/mol. The van der Waals surface area contributed by atoms with Gasteiger partial charge in [-0.1, -0.05) is 6.07 Å². The monoisotopic (exact) mass is 427 g/mol. The van der Waals surface area contributed by atoms with Crippen LogP contribution in [0.25, 0.3) is 0 Å². The van der Waals surface area contributed by atoms with Crippen molar-refractivity contribution in [3.8, 4) is 0 Å². The van der Waals surface area contributed by atoms with Gasteiger partial charge in [0, 0.05) is 45.0 Å². The van der Waals surface area contributed by atoms with Crippen LogP contribution in [0.5, 0.6) is 0 Å². The summed E-state index contributed by atoms with van der Waals surface area (Å²) in [7, 11) is 0. The first-order valence-corrected chi connectivity index (χ1v) is 11.9. The summed E-state index contributed by atoms with van der Waals surface area (Å²) in [4.78, 5) is 32.4. The number of aryl methyl sites for hydroxylation is 2. The van der Waals surface area contributed by atoms with Gasteiger partial charge in [-0.15, -0.1) is 0 Å². The summed E-state index contributed by atoms with van der Waals surface area (Å²) < 4.78 is 5.84. The van der Waals surface area contributed by atoms with E-state index in [1.165, 1.54) is 11.1 Å². The number of ether oxygens (including phenoxy) is 1. The lowest BCUT2D eigenvalue weighted by atomic mass is 9.94. The Morgan fingerprint density at radius 3 is 2.32 bits per heavy atom. The minimum absolute atomic E-state index is 0.0309. The molecule has 3 aliphatic rings. The molecule has 0 saturated carbocycles. The average molecular weight is 428 g/mol. The molecule has 0 aliphatic carbocycles. The van der Waals surface area contributed by atoms with Crippen molar-refractivity contribution in [2.45, 2.75) is 59.2 Å². The van der Waals surface area contributed by atoms with Crippen LogP contribution in [0.4, 0.5) is 5.69 Å². The van der Waals surface area contributed by atoms with Gasteiger partial charge in [0.1, 0.15) is 5.92 Å². The maximum atomic E-state index is 13.1. The molecule has 0 radical (unpaired) electrons. The number of carbonyl (C=O) groups excluding carboxylic acids is 2. The van der Waals surface area contributed by atoms with Crippen molar-refractivity contribution in [3.63, 3.8) is 0 Å². The molecule has 4 rings (SSSR count). The lowest BCUT2D eigenvalue weighted by Crippen LogP contribution is -2.49. The number of piperidine rings is 1. The van der Waals surface area contributed by atoms with Gasteiger partial charge >= 0.3 is 0 Å². The molecule has 31 heavy (non-hydrogen) atoms. The van der Waals surface area contributed by atoms with Crippen LogP contribution < -0.4 is 4.90 Å². The summed E-state index contributed by atoms with van der Waals surface area (Å²) in [5.41, 5.74) is 3.30. The van der Waals surface area contributed by atoms with Gasteiger partial charge < -0.3 is 14.5 Å². The predicted molar refractivity (Wildman–Crippen MR) is 122 cm³/mol. The van der Waals surface area contributed by atoms with E-state index in [4.69, 9.17) is 4.74 Å². The zero-order chi connectivity index (χ0) is 22.1. The number of rotatable bonds is 4. The Bertz CT molecular complexity index is 808. The van der Waals surface area contributed by atoms with Crippen LogP contribution in [0, 0.1) is 25.7 Å². The fourth-order valence-corrected chi connectivity index (χ4v) is 5.41. The molecule has 170 valence electrons. The molecule has 6 heteroatoms. The van der Waals surface area contributed by atoms with Crippen LogP contribution in [0.3, 0.4) is 0 Å². The zero-order valence-corrected chi connectivity index (χ0v) is 19.5. The number of carbonyl (C=O) groups is 2. The SMILES string of the molecule is Cc1ccc(N2CCC(C(=O)N3CCC(CN4CC(C)OC(C)C4)CC3)C2=O)cc1C. The molecule has 3 unspecified atom stereocenters. The zero-order valence-electron chi connectivity index (χ0n) is 19.5. The number of hydrogen-bond donors (Lipinski definition) is 0. The quantitative estimate of drug-likeness (QED) is 0.693. The maximum Gasteiger partial charge on any atom is 0.239 e. The van der Waals surface area contributed by atoms with E-state index in [0.29, 0.717) is 31.1 Å². The fraction of sp³-hybridized carbons (Fsp3) is 0.680. The lowest BCUT2D eigenvalue weighted by Gasteiger charge is -2.39. The second-order valence-corrected chi connectivity index (χ2v) is 9.84. The third kappa shape index (κ3) is 4.96. The fourth-order valence-electron chi connectivity index (χ4n) is 5.41. The first-order valence-electron chi connectivity index (χ1n) is 11.9. The van der Waals surface area contributed by atoms with Gasteiger partial charge in [0.25, 0.3) is 0 Å². The molecule has 0 N–H and O–H groups in total. The third-order valence-corrected chi connectivity index (χ3v) is 7.24. The Morgan fingerprint density at radius 1 is 1.00 bits per heavy atom. The number of nitrogens with zero attached hydrogens (tertiary/aromatic N) is 3. The summed E-state index contributed by atoms with van der Waals surface area (Å²) in [5.74, 6) is 0.0991. The number of likely N-dealkylation sites (tertiary alicyclic amines) is 1. The van der Waals surface area contributed by atoms with E-state index >= 15 is 0 Å². The predicted octanol–water partition coefficient (Wildman–Crippen LogP) is 3.00. The normalized spacial score (nSPS) is 28.4. The van der Waals surface area contributed by atoms with E-state index in [2.05, 4.69) is 38.7 Å². The number of anilines is 1. The van der Waals surface area contributed by atoms with Crippen molar-refractivity contribution in [2.75, 3.05) is 44.2 Å². The Morgan fingerprint density at radius 2 is 1.68 bits per heavy atom. The van der Waals surface area contributed by atoms with Crippen LogP contribution in [0.2, 0.25) is 0 Å². The molecule has 3 aliphatic heterocycles.